The minimum atomic E-state index is -0.658. The Morgan fingerprint density at radius 2 is 1.75 bits per heavy atom. The third-order valence-corrected chi connectivity index (χ3v) is 7.31. The van der Waals surface area contributed by atoms with Crippen molar-refractivity contribution >= 4 is 17.7 Å². The first-order valence-corrected chi connectivity index (χ1v) is 11.2. The zero-order valence-corrected chi connectivity index (χ0v) is 16.2. The third kappa shape index (κ3) is 7.35. The number of thioether (sulfide) groups is 1. The van der Waals surface area contributed by atoms with Crippen LogP contribution < -0.4 is 0 Å². The Morgan fingerprint density at radius 3 is 2.46 bits per heavy atom. The number of carbonyl (C=O) groups is 1. The summed E-state index contributed by atoms with van der Waals surface area (Å²) in [5.74, 6) is 4.48. The van der Waals surface area contributed by atoms with Crippen LogP contribution in [0, 0.1) is 17.8 Å². The Labute approximate surface area is 152 Å². The zero-order valence-electron chi connectivity index (χ0n) is 15.4. The van der Waals surface area contributed by atoms with Crippen LogP contribution in [0.1, 0.15) is 77.6 Å². The predicted molar refractivity (Wildman–Crippen MR) is 102 cm³/mol. The van der Waals surface area contributed by atoms with E-state index in [-0.39, 0.29) is 0 Å². The summed E-state index contributed by atoms with van der Waals surface area (Å²) in [4.78, 5) is 10.5. The number of hydrogen-bond acceptors (Lipinski definition) is 3. The van der Waals surface area contributed by atoms with Gasteiger partial charge in [0.05, 0.1) is 6.10 Å². The quantitative estimate of drug-likeness (QED) is 0.477. The normalized spacial score (nSPS) is 26.0. The first-order chi connectivity index (χ1) is 11.7. The highest BCUT2D eigenvalue weighted by Gasteiger charge is 2.28. The van der Waals surface area contributed by atoms with Crippen LogP contribution in [0.3, 0.4) is 0 Å². The molecule has 2 aliphatic rings. The molecule has 0 spiro atoms. The van der Waals surface area contributed by atoms with Crippen LogP contribution in [0.25, 0.3) is 0 Å². The summed E-state index contributed by atoms with van der Waals surface area (Å²) in [5.41, 5.74) is 0. The van der Waals surface area contributed by atoms with Gasteiger partial charge < -0.3 is 9.84 Å². The van der Waals surface area contributed by atoms with Crippen molar-refractivity contribution in [3.05, 3.63) is 0 Å². The van der Waals surface area contributed by atoms with Gasteiger partial charge in [-0.2, -0.15) is 11.8 Å². The van der Waals surface area contributed by atoms with Gasteiger partial charge in [0.2, 0.25) is 0 Å². The van der Waals surface area contributed by atoms with Crippen molar-refractivity contribution in [2.24, 2.45) is 17.8 Å². The SMILES string of the molecule is CC(OCCC1CSCC1CCCCCCC(=O)O)C1CCCC1. The van der Waals surface area contributed by atoms with Crippen molar-refractivity contribution in [2.45, 2.75) is 83.7 Å². The Morgan fingerprint density at radius 1 is 1.08 bits per heavy atom. The second-order valence-corrected chi connectivity index (χ2v) is 8.89. The number of carboxylic acid groups (broad SMARTS) is 1. The molecule has 3 nitrogen and oxygen atoms in total. The molecule has 3 unspecified atom stereocenters. The number of ether oxygens (including phenoxy) is 1. The molecule has 0 aromatic heterocycles. The highest BCUT2D eigenvalue weighted by atomic mass is 32.2. The van der Waals surface area contributed by atoms with Gasteiger partial charge in [-0.15, -0.1) is 0 Å². The van der Waals surface area contributed by atoms with E-state index in [0.29, 0.717) is 12.5 Å². The van der Waals surface area contributed by atoms with E-state index in [1.807, 2.05) is 0 Å². The summed E-state index contributed by atoms with van der Waals surface area (Å²) in [7, 11) is 0. The first-order valence-electron chi connectivity index (χ1n) is 10.1. The Balaban J connectivity index is 1.52. The molecule has 1 heterocycles. The standard InChI is InChI=1S/C20H36O3S/c1-16(17-8-6-7-9-17)23-13-12-19-15-24-14-18(19)10-4-2-3-5-11-20(21)22/h16-19H,2-15H2,1H3,(H,21,22). The highest BCUT2D eigenvalue weighted by molar-refractivity contribution is 7.99. The van der Waals surface area contributed by atoms with Crippen molar-refractivity contribution in [3.8, 4) is 0 Å². The van der Waals surface area contributed by atoms with Gasteiger partial charge in [0.1, 0.15) is 0 Å². The highest BCUT2D eigenvalue weighted by Crippen LogP contribution is 2.36. The Kier molecular flexibility index (Phi) is 9.55. The fourth-order valence-electron chi connectivity index (χ4n) is 4.29. The van der Waals surface area contributed by atoms with Crippen LogP contribution >= 0.6 is 11.8 Å². The fourth-order valence-corrected chi connectivity index (χ4v) is 5.90. The molecule has 2 rings (SSSR count). The lowest BCUT2D eigenvalue weighted by molar-refractivity contribution is -0.137. The lowest BCUT2D eigenvalue weighted by Crippen LogP contribution is -2.21. The largest absolute Gasteiger partial charge is 0.481 e. The van der Waals surface area contributed by atoms with E-state index in [9.17, 15) is 4.79 Å². The molecule has 0 aromatic carbocycles. The molecule has 1 aliphatic carbocycles. The van der Waals surface area contributed by atoms with Gasteiger partial charge in [-0.25, -0.2) is 0 Å². The summed E-state index contributed by atoms with van der Waals surface area (Å²) >= 11 is 2.11. The molecule has 3 atom stereocenters. The maximum Gasteiger partial charge on any atom is 0.303 e. The van der Waals surface area contributed by atoms with Gasteiger partial charge in [0.25, 0.3) is 0 Å². The van der Waals surface area contributed by atoms with Gasteiger partial charge in [0.15, 0.2) is 0 Å². The molecule has 0 amide bonds. The monoisotopic (exact) mass is 356 g/mol. The number of unbranched alkanes of at least 4 members (excludes halogenated alkanes) is 3. The molecule has 1 saturated heterocycles. The van der Waals surface area contributed by atoms with Crippen LogP contribution in [0.2, 0.25) is 0 Å². The van der Waals surface area contributed by atoms with Crippen molar-refractivity contribution in [1.29, 1.82) is 0 Å². The molecule has 1 saturated carbocycles. The van der Waals surface area contributed by atoms with Crippen LogP contribution in [-0.2, 0) is 9.53 Å². The first kappa shape index (κ1) is 20.1. The van der Waals surface area contributed by atoms with Crippen molar-refractivity contribution in [3.63, 3.8) is 0 Å². The Bertz CT molecular complexity index is 355. The predicted octanol–water partition coefficient (Wildman–Crippen LogP) is 5.38. The average molecular weight is 357 g/mol. The number of carboxylic acids is 1. The van der Waals surface area contributed by atoms with E-state index in [4.69, 9.17) is 9.84 Å². The van der Waals surface area contributed by atoms with E-state index in [2.05, 4.69) is 18.7 Å². The van der Waals surface area contributed by atoms with Gasteiger partial charge in [-0.1, -0.05) is 32.1 Å². The van der Waals surface area contributed by atoms with Crippen LogP contribution in [-0.4, -0.2) is 35.3 Å². The average Bonchev–Trinajstić information content (AvgIpc) is 3.22. The van der Waals surface area contributed by atoms with E-state index in [1.165, 1.54) is 62.9 Å². The second kappa shape index (κ2) is 11.4. The minimum absolute atomic E-state index is 0.332. The van der Waals surface area contributed by atoms with Crippen LogP contribution in [0.5, 0.6) is 0 Å². The summed E-state index contributed by atoms with van der Waals surface area (Å²) < 4.78 is 6.15. The van der Waals surface area contributed by atoms with E-state index >= 15 is 0 Å². The molecule has 24 heavy (non-hydrogen) atoms. The van der Waals surface area contributed by atoms with Gasteiger partial charge in [-0.05, 0) is 68.3 Å². The zero-order chi connectivity index (χ0) is 17.2. The number of aliphatic carboxylic acids is 1. The van der Waals surface area contributed by atoms with E-state index in [1.54, 1.807) is 0 Å². The molecule has 0 aromatic rings. The van der Waals surface area contributed by atoms with Gasteiger partial charge in [-0.3, -0.25) is 4.79 Å². The summed E-state index contributed by atoms with van der Waals surface area (Å²) in [6.45, 7) is 3.21. The molecule has 0 bridgehead atoms. The van der Waals surface area contributed by atoms with Gasteiger partial charge >= 0.3 is 5.97 Å². The van der Waals surface area contributed by atoms with Crippen LogP contribution in [0.4, 0.5) is 0 Å². The number of hydrogen-bond donors (Lipinski definition) is 1. The molecule has 1 N–H and O–H groups in total. The maximum absolute atomic E-state index is 10.5. The van der Waals surface area contributed by atoms with Gasteiger partial charge in [0, 0.05) is 13.0 Å². The van der Waals surface area contributed by atoms with E-state index in [0.717, 1.165) is 37.2 Å². The fraction of sp³-hybridized carbons (Fsp3) is 0.950. The summed E-state index contributed by atoms with van der Waals surface area (Å²) in [6.07, 6.45) is 13.2. The smallest absolute Gasteiger partial charge is 0.303 e. The van der Waals surface area contributed by atoms with Crippen molar-refractivity contribution < 1.29 is 14.6 Å². The molecule has 4 heteroatoms. The maximum atomic E-state index is 10.5. The van der Waals surface area contributed by atoms with Crippen molar-refractivity contribution in [1.82, 2.24) is 0 Å². The Hall–Kier alpha value is -0.220. The van der Waals surface area contributed by atoms with Crippen molar-refractivity contribution in [2.75, 3.05) is 18.1 Å². The molecule has 1 aliphatic heterocycles. The molecular weight excluding hydrogens is 320 g/mol. The molecular formula is C20H36O3S. The number of rotatable bonds is 12. The summed E-state index contributed by atoms with van der Waals surface area (Å²) in [6, 6.07) is 0. The van der Waals surface area contributed by atoms with E-state index < -0.39 is 5.97 Å². The topological polar surface area (TPSA) is 46.5 Å². The lowest BCUT2D eigenvalue weighted by Gasteiger charge is -2.22. The second-order valence-electron chi connectivity index (χ2n) is 7.81. The lowest BCUT2D eigenvalue weighted by atomic mass is 9.88. The molecule has 0 radical (unpaired) electrons. The third-order valence-electron chi connectivity index (χ3n) is 5.98. The molecule has 140 valence electrons. The summed E-state index contributed by atoms with van der Waals surface area (Å²) in [5, 5.41) is 8.65. The van der Waals surface area contributed by atoms with Crippen LogP contribution in [0.15, 0.2) is 0 Å². The minimum Gasteiger partial charge on any atom is -0.481 e. The molecule has 2 fully saturated rings.